The summed E-state index contributed by atoms with van der Waals surface area (Å²) in [5, 5.41) is 277. The summed E-state index contributed by atoms with van der Waals surface area (Å²) in [6.07, 6.45) is -85.6. The molecule has 9 heterocycles. The number of carbonyl (C=O) groups is 4. The molecule has 9 saturated heterocycles. The van der Waals surface area contributed by atoms with Crippen LogP contribution in [0.1, 0.15) is 34.6 Å². The zero-order chi connectivity index (χ0) is 83.9. The first-order chi connectivity index (χ1) is 54.0. The highest BCUT2D eigenvalue weighted by Gasteiger charge is 2.62. The molecule has 0 spiro atoms. The summed E-state index contributed by atoms with van der Waals surface area (Å²) in [4.78, 5) is 50.5. The Bertz CT molecular complexity index is 2990. The van der Waals surface area contributed by atoms with Crippen molar-refractivity contribution in [1.82, 2.24) is 21.3 Å². The fraction of sp³-hybridized carbons (Fsp3) is 0.938. The maximum absolute atomic E-state index is 13.6. The van der Waals surface area contributed by atoms with Gasteiger partial charge in [-0.1, -0.05) is 0 Å². The van der Waals surface area contributed by atoms with Crippen LogP contribution in [0.2, 0.25) is 0 Å². The molecule has 0 unspecified atom stereocenters. The molecule has 50 nitrogen and oxygen atoms in total. The van der Waals surface area contributed by atoms with Crippen LogP contribution in [0.25, 0.3) is 0 Å². The van der Waals surface area contributed by atoms with Gasteiger partial charge in [0.1, 0.15) is 207 Å². The Morgan fingerprint density at radius 1 is 0.298 bits per heavy atom. The molecule has 0 aromatic heterocycles. The van der Waals surface area contributed by atoms with E-state index in [0.29, 0.717) is 0 Å². The van der Waals surface area contributed by atoms with E-state index in [1.165, 1.54) is 13.8 Å². The van der Waals surface area contributed by atoms with Crippen LogP contribution >= 0.6 is 0 Å². The monoisotopic (exact) mass is 1670 g/mol. The molecule has 0 radical (unpaired) electrons. The van der Waals surface area contributed by atoms with Gasteiger partial charge in [-0.25, -0.2) is 0 Å². The molecule has 4 amide bonds. The van der Waals surface area contributed by atoms with Crippen LogP contribution in [0.4, 0.5) is 0 Å². The summed E-state index contributed by atoms with van der Waals surface area (Å²) < 4.78 is 108. The van der Waals surface area contributed by atoms with E-state index in [9.17, 15) is 142 Å². The number of rotatable bonds is 32. The highest BCUT2D eigenvalue weighted by Crippen LogP contribution is 2.41. The van der Waals surface area contributed by atoms with Crippen LogP contribution in [0.3, 0.4) is 0 Å². The van der Waals surface area contributed by atoms with E-state index >= 15 is 0 Å². The molecule has 0 aromatic carbocycles. The molecule has 0 aliphatic carbocycles. The molecule has 46 atom stereocenters. The Kier molecular flexibility index (Phi) is 34.4. The second-order valence-corrected chi connectivity index (χ2v) is 28.8. The van der Waals surface area contributed by atoms with Gasteiger partial charge in [0.25, 0.3) is 0 Å². The van der Waals surface area contributed by atoms with E-state index < -0.39 is 359 Å². The third-order valence-electron chi connectivity index (χ3n) is 20.9. The Hall–Kier alpha value is -3.80. The fourth-order valence-electron chi connectivity index (χ4n) is 14.6. The lowest BCUT2D eigenvalue weighted by Crippen LogP contribution is -2.72. The molecule has 0 bridgehead atoms. The van der Waals surface area contributed by atoms with Gasteiger partial charge in [-0.05, 0) is 13.8 Å². The van der Waals surface area contributed by atoms with Crippen molar-refractivity contribution in [2.75, 3.05) is 59.5 Å². The molecule has 28 N–H and O–H groups in total. The highest BCUT2D eigenvalue weighted by atomic mass is 16.8. The second kappa shape index (κ2) is 41.6. The summed E-state index contributed by atoms with van der Waals surface area (Å²) in [5.41, 5.74) is 0. The third-order valence-corrected chi connectivity index (χ3v) is 20.9. The van der Waals surface area contributed by atoms with E-state index in [-0.39, 0.29) is 6.41 Å². The SMILES string of the molecule is CC(=O)N[C@H]1[C@H](O[C@H]2[C@@H](O)[C@@H](CO)O[C@@H](O[C@H]3[C@H](O[C@@H]4O[C@@H](C)[C@@H](O)[C@@H](O)[C@@H]4O)[C@@H](NC(C)=O)[C@H](O[C@H]4[C@@H](O)[C@@H](CO)O[C@@H](O[C@H]5[C@H](O[C@@H]6O[C@@H](C)[C@@H](O)[C@@H](O)[C@@H]6O)[C@@H](NC(C)=O)[C@H](O[C@H]6[C@@H](O)[C@@H](CO)O[C@@H](O[C@H]7[C@H](O)[C@@H](O)[C@H](OC[C@@H](CO)NC=O)O[C@@H]7CO)[C@@H]6O)O[C@@H]5CO)[C@@H]4O)O[C@@H]3CO)[C@@H]2O)O[C@H](CO)[C@@H](O)[C@@H]1O. The summed E-state index contributed by atoms with van der Waals surface area (Å²) in [5.74, 6) is -2.84. The van der Waals surface area contributed by atoms with Crippen molar-refractivity contribution in [2.45, 2.75) is 317 Å². The zero-order valence-electron chi connectivity index (χ0n) is 61.7. The molecule has 0 aromatic rings. The molecule has 9 rings (SSSR count). The first-order valence-electron chi connectivity index (χ1n) is 36.6. The standard InChI is InChI=1S/C64H108N4O46/c1-16-32(81)39(88)42(91)60(98-16)110-51-30(67-19(4)79)57(113-54-36(85)23(8-71)101-62(45(54)94)107-48-26(11-74)106-59(44(93)41(48)90)97-14-21(6-69)65-15-77)104-28(13-76)50(51)109-64-47(96)55(37(86)25(10-73)103-64)114-58-31(68-20(5)80)52(111-61-43(92)40(89)33(82)17(2)99-61)49(27(12-75)105-58)108-63-46(95)53(35(84)24(9-72)102-63)112-56-29(66-18(3)78)38(87)34(83)22(7-70)100-56/h15-17,21-64,69-76,81-96H,6-14H2,1-5H3,(H,65,77)(H,66,78)(H,67,79)(H,68,80)/t16-,17-,21+,22+,23+,24+,25+,26+,27+,28+,29+,30+,31+,32+,33+,34+,35-,36-,37-,38+,39+,40+,41+,42-,43-,44+,45+,46+,47+,48+,49+,50+,51+,52+,53-,54-,55-,56-,57-,58-,59+,60-,61-,62-,63-,64-/m0/s1. The maximum atomic E-state index is 13.6. The fourth-order valence-corrected chi connectivity index (χ4v) is 14.6. The molecule has 0 saturated carbocycles. The van der Waals surface area contributed by atoms with Gasteiger partial charge in [-0.3, -0.25) is 19.2 Å². The van der Waals surface area contributed by atoms with E-state index in [1.54, 1.807) is 0 Å². The third kappa shape index (κ3) is 20.9. The smallest absolute Gasteiger partial charge is 0.217 e. The van der Waals surface area contributed by atoms with Gasteiger partial charge in [0, 0.05) is 20.8 Å². The van der Waals surface area contributed by atoms with E-state index in [4.69, 9.17) is 85.3 Å². The van der Waals surface area contributed by atoms with E-state index in [1.807, 2.05) is 0 Å². The zero-order valence-corrected chi connectivity index (χ0v) is 61.7. The van der Waals surface area contributed by atoms with Crippen molar-refractivity contribution in [1.29, 1.82) is 0 Å². The number of carbonyl (C=O) groups excluding carboxylic acids is 4. The Labute approximate surface area is 647 Å². The van der Waals surface area contributed by atoms with Crippen LogP contribution in [0.5, 0.6) is 0 Å². The normalized spacial score (nSPS) is 48.6. The quantitative estimate of drug-likeness (QED) is 0.0278. The van der Waals surface area contributed by atoms with Crippen LogP contribution < -0.4 is 21.3 Å². The van der Waals surface area contributed by atoms with Crippen molar-refractivity contribution in [2.24, 2.45) is 0 Å². The molecular weight excluding hydrogens is 1560 g/mol. The first-order valence-corrected chi connectivity index (χ1v) is 36.6. The van der Waals surface area contributed by atoms with Crippen molar-refractivity contribution >= 4 is 24.1 Å². The van der Waals surface area contributed by atoms with Crippen molar-refractivity contribution in [3.05, 3.63) is 0 Å². The van der Waals surface area contributed by atoms with E-state index in [2.05, 4.69) is 21.3 Å². The number of hydrogen-bond donors (Lipinski definition) is 28. The Balaban J connectivity index is 1.04. The summed E-state index contributed by atoms with van der Waals surface area (Å²) in [6, 6.07) is -6.82. The van der Waals surface area contributed by atoms with Crippen LogP contribution in [-0.2, 0) is 104 Å². The minimum absolute atomic E-state index is 0.246. The molecule has 9 aliphatic heterocycles. The average molecular weight is 1670 g/mol. The number of amides is 4. The minimum atomic E-state index is -2.52. The molecule has 9 fully saturated rings. The number of hydrogen-bond acceptors (Lipinski definition) is 46. The highest BCUT2D eigenvalue weighted by molar-refractivity contribution is 5.74. The number of nitrogens with one attached hydrogen (secondary N) is 4. The van der Waals surface area contributed by atoms with Crippen molar-refractivity contribution in [3.8, 4) is 0 Å². The lowest BCUT2D eigenvalue weighted by Gasteiger charge is -2.53. The van der Waals surface area contributed by atoms with Gasteiger partial charge in [-0.15, -0.1) is 0 Å². The van der Waals surface area contributed by atoms with Crippen LogP contribution in [0, 0.1) is 0 Å². The van der Waals surface area contributed by atoms with Gasteiger partial charge in [0.2, 0.25) is 24.1 Å². The Morgan fingerprint density at radius 3 is 0.930 bits per heavy atom. The predicted octanol–water partition coefficient (Wildman–Crippen LogP) is -19.0. The number of aliphatic hydroxyl groups excluding tert-OH is 24. The summed E-state index contributed by atoms with van der Waals surface area (Å²) >= 11 is 0. The minimum Gasteiger partial charge on any atom is -0.394 e. The first kappa shape index (κ1) is 94.1. The van der Waals surface area contributed by atoms with Gasteiger partial charge in [0.15, 0.2) is 56.6 Å². The van der Waals surface area contributed by atoms with Gasteiger partial charge >= 0.3 is 0 Å². The number of ether oxygens (including phenoxy) is 18. The summed E-state index contributed by atoms with van der Waals surface area (Å²) in [7, 11) is 0. The predicted molar refractivity (Wildman–Crippen MR) is 353 cm³/mol. The Morgan fingerprint density at radius 2 is 0.579 bits per heavy atom. The molecule has 50 heteroatoms. The molecular formula is C64H108N4O46. The molecule has 660 valence electrons. The van der Waals surface area contributed by atoms with Gasteiger partial charge in [0.05, 0.1) is 77.7 Å². The van der Waals surface area contributed by atoms with Crippen LogP contribution in [0.15, 0.2) is 0 Å². The van der Waals surface area contributed by atoms with Gasteiger partial charge < -0.3 is 229 Å². The molecule has 9 aliphatic rings. The summed E-state index contributed by atoms with van der Waals surface area (Å²) in [6.45, 7) is -3.76. The average Bonchev–Trinajstić information content (AvgIpc) is 0.758. The lowest BCUT2D eigenvalue weighted by molar-refractivity contribution is -0.401. The van der Waals surface area contributed by atoms with Crippen molar-refractivity contribution in [3.63, 3.8) is 0 Å². The molecule has 114 heavy (non-hydrogen) atoms. The largest absolute Gasteiger partial charge is 0.394 e. The topological polar surface area (TPSA) is 768 Å². The second-order valence-electron chi connectivity index (χ2n) is 28.8. The van der Waals surface area contributed by atoms with E-state index in [0.717, 1.165) is 20.8 Å². The van der Waals surface area contributed by atoms with Crippen molar-refractivity contribution < 1.29 is 227 Å². The van der Waals surface area contributed by atoms with Gasteiger partial charge in [-0.2, -0.15) is 0 Å². The lowest BCUT2D eigenvalue weighted by atomic mass is 9.93. The number of aliphatic hydroxyl groups is 24. The van der Waals surface area contributed by atoms with Crippen LogP contribution in [-0.4, -0.2) is 488 Å². The maximum Gasteiger partial charge on any atom is 0.217 e.